The molecule has 2 heteroatoms. The predicted molar refractivity (Wildman–Crippen MR) is 76.2 cm³/mol. The summed E-state index contributed by atoms with van der Waals surface area (Å²) in [6.45, 7) is 7.10. The number of fused-ring (bicyclic) bond motifs is 2. The summed E-state index contributed by atoms with van der Waals surface area (Å²) < 4.78 is 5.99. The molecule has 0 spiro atoms. The number of carbonyl (C=O) groups excluding carboxylic acids is 1. The van der Waals surface area contributed by atoms with E-state index >= 15 is 0 Å². The van der Waals surface area contributed by atoms with E-state index in [9.17, 15) is 4.79 Å². The second-order valence-electron chi connectivity index (χ2n) is 5.98. The van der Waals surface area contributed by atoms with Gasteiger partial charge in [0.2, 0.25) is 0 Å². The van der Waals surface area contributed by atoms with Crippen LogP contribution in [0.25, 0.3) is 5.57 Å². The van der Waals surface area contributed by atoms with E-state index in [1.165, 1.54) is 16.7 Å². The molecule has 0 bridgehead atoms. The van der Waals surface area contributed by atoms with Gasteiger partial charge in [0, 0.05) is 12.0 Å². The van der Waals surface area contributed by atoms with E-state index in [0.29, 0.717) is 18.9 Å². The summed E-state index contributed by atoms with van der Waals surface area (Å²) in [5.74, 6) is 0.768. The zero-order chi connectivity index (χ0) is 13.6. The molecule has 0 amide bonds. The van der Waals surface area contributed by atoms with E-state index in [1.54, 1.807) is 0 Å². The normalized spacial score (nSPS) is 22.5. The summed E-state index contributed by atoms with van der Waals surface area (Å²) in [5.41, 5.74) is 5.77. The number of benzene rings is 1. The van der Waals surface area contributed by atoms with Gasteiger partial charge in [-0.1, -0.05) is 37.6 Å². The van der Waals surface area contributed by atoms with E-state index in [-0.39, 0.29) is 11.9 Å². The molecule has 1 heterocycles. The van der Waals surface area contributed by atoms with E-state index in [4.69, 9.17) is 4.74 Å². The summed E-state index contributed by atoms with van der Waals surface area (Å²) in [6, 6.07) is 6.00. The van der Waals surface area contributed by atoms with Crippen LogP contribution in [0.5, 0.6) is 0 Å². The summed E-state index contributed by atoms with van der Waals surface area (Å²) in [4.78, 5) is 12.3. The fraction of sp³-hybridized carbons (Fsp3) is 0.471. The number of ether oxygens (including phenoxy) is 1. The summed E-state index contributed by atoms with van der Waals surface area (Å²) in [7, 11) is 0. The van der Waals surface area contributed by atoms with E-state index < -0.39 is 0 Å². The van der Waals surface area contributed by atoms with E-state index in [2.05, 4.69) is 26.8 Å². The first-order valence-corrected chi connectivity index (χ1v) is 7.03. The van der Waals surface area contributed by atoms with Gasteiger partial charge in [-0.15, -0.1) is 0 Å². The van der Waals surface area contributed by atoms with Crippen molar-refractivity contribution in [3.8, 4) is 0 Å². The summed E-state index contributed by atoms with van der Waals surface area (Å²) in [5, 5.41) is 0. The lowest BCUT2D eigenvalue weighted by molar-refractivity contribution is 0.0350. The van der Waals surface area contributed by atoms with Gasteiger partial charge in [0.1, 0.15) is 0 Å². The lowest BCUT2D eigenvalue weighted by atomic mass is 9.79. The van der Waals surface area contributed by atoms with Crippen molar-refractivity contribution in [3.63, 3.8) is 0 Å². The average molecular weight is 256 g/mol. The second kappa shape index (κ2) is 4.61. The highest BCUT2D eigenvalue weighted by atomic mass is 16.5. The van der Waals surface area contributed by atoms with Gasteiger partial charge in [0.15, 0.2) is 5.78 Å². The average Bonchev–Trinajstić information content (AvgIpc) is 2.38. The van der Waals surface area contributed by atoms with Crippen LogP contribution in [0.2, 0.25) is 0 Å². The molecule has 3 rings (SSSR count). The first kappa shape index (κ1) is 12.6. The number of rotatable bonds is 1. The number of hydrogen-bond acceptors (Lipinski definition) is 2. The highest BCUT2D eigenvalue weighted by Gasteiger charge is 2.31. The van der Waals surface area contributed by atoms with Crippen molar-refractivity contribution in [2.24, 2.45) is 5.92 Å². The van der Waals surface area contributed by atoms with Crippen LogP contribution in [-0.2, 0) is 4.74 Å². The van der Waals surface area contributed by atoms with Crippen LogP contribution in [0.1, 0.15) is 48.2 Å². The van der Waals surface area contributed by atoms with E-state index in [1.807, 2.05) is 12.1 Å². The maximum Gasteiger partial charge on any atom is 0.167 e. The number of Topliss-reactive ketones (excluding diaryl/α,β-unsaturated/α-hetero) is 1. The van der Waals surface area contributed by atoms with Crippen molar-refractivity contribution in [1.82, 2.24) is 0 Å². The lowest BCUT2D eigenvalue weighted by Gasteiger charge is -2.34. The molecule has 0 saturated heterocycles. The largest absolute Gasteiger partial charge is 0.373 e. The van der Waals surface area contributed by atoms with Crippen LogP contribution in [0, 0.1) is 12.8 Å². The van der Waals surface area contributed by atoms with E-state index in [0.717, 1.165) is 17.5 Å². The Labute approximate surface area is 114 Å². The van der Waals surface area contributed by atoms with Crippen LogP contribution >= 0.6 is 0 Å². The Bertz CT molecular complexity index is 567. The number of ketones is 1. The lowest BCUT2D eigenvalue weighted by Crippen LogP contribution is -2.29. The van der Waals surface area contributed by atoms with Crippen LogP contribution in [0.3, 0.4) is 0 Å². The molecule has 2 aliphatic rings. The third-order valence-electron chi connectivity index (χ3n) is 4.31. The van der Waals surface area contributed by atoms with Crippen molar-refractivity contribution in [3.05, 3.63) is 40.5 Å². The Balaban J connectivity index is 2.08. The van der Waals surface area contributed by atoms with Gasteiger partial charge in [-0.25, -0.2) is 0 Å². The topological polar surface area (TPSA) is 26.3 Å². The van der Waals surface area contributed by atoms with Crippen LogP contribution in [0.15, 0.2) is 23.8 Å². The monoisotopic (exact) mass is 256 g/mol. The maximum absolute atomic E-state index is 12.3. The van der Waals surface area contributed by atoms with Gasteiger partial charge < -0.3 is 4.74 Å². The molecule has 0 N–H and O–H groups in total. The zero-order valence-corrected chi connectivity index (χ0v) is 11.8. The molecule has 1 atom stereocenters. The van der Waals surface area contributed by atoms with Gasteiger partial charge in [0.25, 0.3) is 0 Å². The van der Waals surface area contributed by atoms with Crippen LogP contribution < -0.4 is 0 Å². The molecule has 0 fully saturated rings. The molecule has 19 heavy (non-hydrogen) atoms. The molecule has 0 radical (unpaired) electrons. The Kier molecular flexibility index (Phi) is 3.06. The molecule has 1 aromatic rings. The first-order chi connectivity index (χ1) is 9.08. The fourth-order valence-electron chi connectivity index (χ4n) is 3.16. The molecule has 100 valence electrons. The molecule has 2 nitrogen and oxygen atoms in total. The molecule has 0 saturated carbocycles. The Morgan fingerprint density at radius 1 is 1.32 bits per heavy atom. The predicted octanol–water partition coefficient (Wildman–Crippen LogP) is 3.78. The second-order valence-corrected chi connectivity index (χ2v) is 5.98. The van der Waals surface area contributed by atoms with Crippen LogP contribution in [-0.4, -0.2) is 18.5 Å². The highest BCUT2D eigenvalue weighted by Crippen LogP contribution is 2.39. The minimum absolute atomic E-state index is 0.261. The van der Waals surface area contributed by atoms with Crippen molar-refractivity contribution in [2.45, 2.75) is 39.7 Å². The maximum atomic E-state index is 12.3. The summed E-state index contributed by atoms with van der Waals surface area (Å²) >= 11 is 0. The molecular weight excluding hydrogens is 236 g/mol. The Hall–Kier alpha value is -1.41. The zero-order valence-electron chi connectivity index (χ0n) is 11.8. The third-order valence-corrected chi connectivity index (χ3v) is 4.31. The van der Waals surface area contributed by atoms with Gasteiger partial charge in [0.05, 0.1) is 12.7 Å². The minimum atomic E-state index is 0.261. The smallest absolute Gasteiger partial charge is 0.167 e. The van der Waals surface area contributed by atoms with Crippen molar-refractivity contribution in [1.29, 1.82) is 0 Å². The van der Waals surface area contributed by atoms with Crippen LogP contribution in [0.4, 0.5) is 0 Å². The number of carbonyl (C=O) groups is 1. The van der Waals surface area contributed by atoms with Crippen molar-refractivity contribution in [2.75, 3.05) is 6.61 Å². The number of aryl methyl sites for hydroxylation is 1. The number of hydrogen-bond donors (Lipinski definition) is 0. The minimum Gasteiger partial charge on any atom is -0.373 e. The van der Waals surface area contributed by atoms with Gasteiger partial charge in [-0.05, 0) is 36.0 Å². The fourth-order valence-corrected chi connectivity index (χ4v) is 3.16. The molecule has 1 unspecified atom stereocenters. The molecule has 1 aromatic carbocycles. The molecule has 1 aliphatic heterocycles. The Morgan fingerprint density at radius 2 is 2.11 bits per heavy atom. The quantitative estimate of drug-likeness (QED) is 0.764. The molecule has 0 aromatic heterocycles. The Morgan fingerprint density at radius 3 is 2.84 bits per heavy atom. The van der Waals surface area contributed by atoms with Gasteiger partial charge >= 0.3 is 0 Å². The molecule has 1 aliphatic carbocycles. The summed E-state index contributed by atoms with van der Waals surface area (Å²) in [6.07, 6.45) is 1.75. The standard InChI is InChI=1S/C17H20O2/c1-10(2)16-8-12-7-15(18)13-6-4-5-11(3)17(13)14(12)9-19-16/h4-6,10,16H,7-9H2,1-3H3. The molecular formula is C17H20O2. The third kappa shape index (κ3) is 2.04. The van der Waals surface area contributed by atoms with Gasteiger partial charge in [-0.2, -0.15) is 0 Å². The van der Waals surface area contributed by atoms with Gasteiger partial charge in [-0.3, -0.25) is 4.79 Å². The van der Waals surface area contributed by atoms with Crippen molar-refractivity contribution >= 4 is 11.4 Å². The van der Waals surface area contributed by atoms with Crippen molar-refractivity contribution < 1.29 is 9.53 Å². The first-order valence-electron chi connectivity index (χ1n) is 7.03. The SMILES string of the molecule is Cc1cccc2c1C1=C(CC2=O)CC(C(C)C)OC1. The highest BCUT2D eigenvalue weighted by molar-refractivity contribution is 6.06.